The summed E-state index contributed by atoms with van der Waals surface area (Å²) in [4.78, 5) is 2.35. The summed E-state index contributed by atoms with van der Waals surface area (Å²) in [5, 5.41) is 9.97. The molecule has 4 heteroatoms. The molecule has 1 saturated heterocycles. The topological polar surface area (TPSA) is 23.5 Å². The first-order chi connectivity index (χ1) is 11.6. The highest BCUT2D eigenvalue weighted by atomic mass is 19.1. The van der Waals surface area contributed by atoms with E-state index in [1.54, 1.807) is 0 Å². The van der Waals surface area contributed by atoms with Crippen molar-refractivity contribution in [3.63, 3.8) is 0 Å². The SMILES string of the molecule is OC(C#Cc1ccc(N2CCCCC2)cc1)c1ccc(F)cc1F. The standard InChI is InChI=1S/C20H19F2NO/c21-16-7-10-18(19(22)14-16)20(24)11-6-15-4-8-17(9-5-15)23-12-2-1-3-13-23/h4-5,7-10,14,20,24H,1-3,12-13H2. The molecule has 0 saturated carbocycles. The molecule has 0 radical (unpaired) electrons. The second-order valence-corrected chi connectivity index (χ2v) is 5.93. The first-order valence-corrected chi connectivity index (χ1v) is 8.13. The van der Waals surface area contributed by atoms with Crippen molar-refractivity contribution in [3.05, 3.63) is 65.2 Å². The van der Waals surface area contributed by atoms with Gasteiger partial charge in [-0.3, -0.25) is 0 Å². The molecule has 1 aliphatic heterocycles. The lowest BCUT2D eigenvalue weighted by atomic mass is 10.1. The van der Waals surface area contributed by atoms with Crippen molar-refractivity contribution in [2.45, 2.75) is 25.4 Å². The molecule has 0 spiro atoms. The van der Waals surface area contributed by atoms with Crippen LogP contribution in [0.5, 0.6) is 0 Å². The molecule has 1 N–H and O–H groups in total. The van der Waals surface area contributed by atoms with Crippen LogP contribution in [0.4, 0.5) is 14.5 Å². The Hall–Kier alpha value is -2.38. The predicted octanol–water partition coefficient (Wildman–Crippen LogP) is 4.04. The minimum absolute atomic E-state index is 0.0196. The van der Waals surface area contributed by atoms with Gasteiger partial charge in [0.15, 0.2) is 0 Å². The van der Waals surface area contributed by atoms with Gasteiger partial charge in [0.25, 0.3) is 0 Å². The number of hydrogen-bond donors (Lipinski definition) is 1. The van der Waals surface area contributed by atoms with Gasteiger partial charge in [0, 0.05) is 36.0 Å². The summed E-state index contributed by atoms with van der Waals surface area (Å²) in [7, 11) is 0. The molecule has 24 heavy (non-hydrogen) atoms. The van der Waals surface area contributed by atoms with E-state index in [-0.39, 0.29) is 5.56 Å². The van der Waals surface area contributed by atoms with E-state index in [1.807, 2.05) is 24.3 Å². The molecular formula is C20H19F2NO. The monoisotopic (exact) mass is 327 g/mol. The van der Waals surface area contributed by atoms with Crippen molar-refractivity contribution in [1.82, 2.24) is 0 Å². The van der Waals surface area contributed by atoms with Crippen molar-refractivity contribution in [2.24, 2.45) is 0 Å². The molecular weight excluding hydrogens is 308 g/mol. The summed E-state index contributed by atoms with van der Waals surface area (Å²) in [5.41, 5.74) is 1.90. The Morgan fingerprint density at radius 1 is 0.958 bits per heavy atom. The van der Waals surface area contributed by atoms with Crippen LogP contribution < -0.4 is 4.90 Å². The van der Waals surface area contributed by atoms with Crippen LogP contribution >= 0.6 is 0 Å². The molecule has 2 nitrogen and oxygen atoms in total. The Bertz CT molecular complexity index is 755. The summed E-state index contributed by atoms with van der Waals surface area (Å²) < 4.78 is 26.5. The van der Waals surface area contributed by atoms with Gasteiger partial charge in [0.05, 0.1) is 0 Å². The zero-order valence-corrected chi connectivity index (χ0v) is 13.3. The number of nitrogens with zero attached hydrogens (tertiary/aromatic N) is 1. The summed E-state index contributed by atoms with van der Waals surface area (Å²) in [6.07, 6.45) is 2.44. The molecule has 2 aromatic rings. The fourth-order valence-corrected chi connectivity index (χ4v) is 2.86. The molecule has 1 aliphatic rings. The third-order valence-corrected chi connectivity index (χ3v) is 4.20. The first kappa shape index (κ1) is 16.5. The highest BCUT2D eigenvalue weighted by Crippen LogP contribution is 2.20. The normalized spacial score (nSPS) is 15.5. The number of halogens is 2. The molecule has 0 aliphatic carbocycles. The van der Waals surface area contributed by atoms with Gasteiger partial charge < -0.3 is 10.0 Å². The van der Waals surface area contributed by atoms with E-state index >= 15 is 0 Å². The van der Waals surface area contributed by atoms with E-state index in [9.17, 15) is 13.9 Å². The van der Waals surface area contributed by atoms with Crippen molar-refractivity contribution >= 4 is 5.69 Å². The summed E-state index contributed by atoms with van der Waals surface area (Å²) >= 11 is 0. The van der Waals surface area contributed by atoms with E-state index in [4.69, 9.17) is 0 Å². The molecule has 2 aromatic carbocycles. The number of piperidine rings is 1. The molecule has 3 rings (SSSR count). The van der Waals surface area contributed by atoms with Gasteiger partial charge in [-0.15, -0.1) is 0 Å². The van der Waals surface area contributed by atoms with E-state index in [1.165, 1.54) is 31.0 Å². The molecule has 0 aromatic heterocycles. The predicted molar refractivity (Wildman–Crippen MR) is 90.7 cm³/mol. The quantitative estimate of drug-likeness (QED) is 0.842. The number of benzene rings is 2. The molecule has 0 amide bonds. The van der Waals surface area contributed by atoms with E-state index in [0.29, 0.717) is 0 Å². The second-order valence-electron chi connectivity index (χ2n) is 5.93. The lowest BCUT2D eigenvalue weighted by molar-refractivity contribution is 0.232. The minimum Gasteiger partial charge on any atom is -0.376 e. The van der Waals surface area contributed by atoms with Gasteiger partial charge in [-0.1, -0.05) is 11.8 Å². The Morgan fingerprint density at radius 2 is 1.67 bits per heavy atom. The molecule has 0 bridgehead atoms. The van der Waals surface area contributed by atoms with Gasteiger partial charge in [-0.2, -0.15) is 0 Å². The summed E-state index contributed by atoms with van der Waals surface area (Å²) in [6.45, 7) is 2.15. The van der Waals surface area contributed by atoms with Gasteiger partial charge in [0.2, 0.25) is 0 Å². The highest BCUT2D eigenvalue weighted by molar-refractivity contribution is 5.51. The number of aliphatic hydroxyl groups is 1. The third kappa shape index (κ3) is 3.93. The molecule has 1 atom stereocenters. The van der Waals surface area contributed by atoms with Crippen LogP contribution in [0.25, 0.3) is 0 Å². The summed E-state index contributed by atoms with van der Waals surface area (Å²) in [6, 6.07) is 10.9. The number of anilines is 1. The van der Waals surface area contributed by atoms with E-state index < -0.39 is 17.7 Å². The van der Waals surface area contributed by atoms with Crippen LogP contribution in [0.3, 0.4) is 0 Å². The lowest BCUT2D eigenvalue weighted by Gasteiger charge is -2.28. The maximum absolute atomic E-state index is 13.6. The smallest absolute Gasteiger partial charge is 0.143 e. The van der Waals surface area contributed by atoms with Crippen LogP contribution in [0.2, 0.25) is 0 Å². The van der Waals surface area contributed by atoms with Crippen molar-refractivity contribution in [1.29, 1.82) is 0 Å². The van der Waals surface area contributed by atoms with Crippen LogP contribution in [-0.4, -0.2) is 18.2 Å². The minimum atomic E-state index is -1.28. The highest BCUT2D eigenvalue weighted by Gasteiger charge is 2.12. The molecule has 1 heterocycles. The Labute approximate surface area is 140 Å². The maximum atomic E-state index is 13.6. The lowest BCUT2D eigenvalue weighted by Crippen LogP contribution is -2.29. The number of rotatable bonds is 2. The second kappa shape index (κ2) is 7.46. The maximum Gasteiger partial charge on any atom is 0.143 e. The van der Waals surface area contributed by atoms with Crippen LogP contribution in [-0.2, 0) is 0 Å². The van der Waals surface area contributed by atoms with E-state index in [0.717, 1.165) is 30.8 Å². The number of hydrogen-bond acceptors (Lipinski definition) is 2. The van der Waals surface area contributed by atoms with Gasteiger partial charge >= 0.3 is 0 Å². The fraction of sp³-hybridized carbons (Fsp3) is 0.300. The van der Waals surface area contributed by atoms with Gasteiger partial charge in [-0.05, 0) is 55.7 Å². The average Bonchev–Trinajstić information content (AvgIpc) is 2.61. The first-order valence-electron chi connectivity index (χ1n) is 8.13. The van der Waals surface area contributed by atoms with Crippen molar-refractivity contribution in [3.8, 4) is 11.8 Å². The zero-order chi connectivity index (χ0) is 16.9. The van der Waals surface area contributed by atoms with Crippen LogP contribution in [0.1, 0.15) is 36.5 Å². The molecule has 124 valence electrons. The van der Waals surface area contributed by atoms with Crippen LogP contribution in [0, 0.1) is 23.5 Å². The number of aliphatic hydroxyl groups excluding tert-OH is 1. The fourth-order valence-electron chi connectivity index (χ4n) is 2.86. The third-order valence-electron chi connectivity index (χ3n) is 4.20. The van der Waals surface area contributed by atoms with E-state index in [2.05, 4.69) is 16.7 Å². The average molecular weight is 327 g/mol. The Kier molecular flexibility index (Phi) is 5.12. The zero-order valence-electron chi connectivity index (χ0n) is 13.3. The Morgan fingerprint density at radius 3 is 2.33 bits per heavy atom. The van der Waals surface area contributed by atoms with Crippen LogP contribution in [0.15, 0.2) is 42.5 Å². The van der Waals surface area contributed by atoms with Gasteiger partial charge in [-0.25, -0.2) is 8.78 Å². The summed E-state index contributed by atoms with van der Waals surface area (Å²) in [5.74, 6) is 3.97. The van der Waals surface area contributed by atoms with Gasteiger partial charge in [0.1, 0.15) is 17.7 Å². The largest absolute Gasteiger partial charge is 0.376 e. The van der Waals surface area contributed by atoms with Crippen molar-refractivity contribution in [2.75, 3.05) is 18.0 Å². The molecule has 1 fully saturated rings. The Balaban J connectivity index is 1.70. The molecule has 1 unspecified atom stereocenters. The van der Waals surface area contributed by atoms with Crippen molar-refractivity contribution < 1.29 is 13.9 Å².